The zero-order chi connectivity index (χ0) is 12.6. The molecule has 0 bridgehead atoms. The monoisotopic (exact) mass is 237 g/mol. The molecule has 0 radical (unpaired) electrons. The number of rotatable bonds is 2. The second kappa shape index (κ2) is 4.45. The molecular weight excluding hydrogens is 221 g/mol. The Morgan fingerprint density at radius 2 is 2.12 bits per heavy atom. The van der Waals surface area contributed by atoms with Crippen molar-refractivity contribution in [2.24, 2.45) is 0 Å². The van der Waals surface area contributed by atoms with Gasteiger partial charge in [-0.25, -0.2) is 4.39 Å². The molecule has 1 heterocycles. The van der Waals surface area contributed by atoms with E-state index in [0.29, 0.717) is 18.4 Å². The fourth-order valence-corrected chi connectivity index (χ4v) is 2.53. The predicted octanol–water partition coefficient (Wildman–Crippen LogP) is 2.32. The molecule has 3 nitrogen and oxygen atoms in total. The highest BCUT2D eigenvalue weighted by atomic mass is 19.1. The van der Waals surface area contributed by atoms with E-state index >= 15 is 0 Å². The molecule has 0 amide bonds. The lowest BCUT2D eigenvalue weighted by molar-refractivity contribution is -0.139. The molecule has 0 aromatic heterocycles. The van der Waals surface area contributed by atoms with Crippen molar-refractivity contribution in [2.45, 2.75) is 38.8 Å². The summed E-state index contributed by atoms with van der Waals surface area (Å²) in [6.45, 7) is 3.71. The van der Waals surface area contributed by atoms with Crippen LogP contribution < -0.4 is 5.32 Å². The number of halogens is 1. The third-order valence-electron chi connectivity index (χ3n) is 3.27. The summed E-state index contributed by atoms with van der Waals surface area (Å²) in [5.74, 6) is -1.11. The van der Waals surface area contributed by atoms with Gasteiger partial charge in [-0.05, 0) is 43.9 Å². The van der Waals surface area contributed by atoms with Crippen molar-refractivity contribution in [2.75, 3.05) is 0 Å². The van der Waals surface area contributed by atoms with Crippen LogP contribution in [0.2, 0.25) is 0 Å². The zero-order valence-electron chi connectivity index (χ0n) is 9.96. The first kappa shape index (κ1) is 12.0. The van der Waals surface area contributed by atoms with Crippen LogP contribution in [0.25, 0.3) is 0 Å². The van der Waals surface area contributed by atoms with Gasteiger partial charge in [-0.3, -0.25) is 10.1 Å². The van der Waals surface area contributed by atoms with E-state index in [-0.39, 0.29) is 11.9 Å². The fourth-order valence-electron chi connectivity index (χ4n) is 2.53. The van der Waals surface area contributed by atoms with Crippen molar-refractivity contribution >= 4 is 5.97 Å². The Balaban J connectivity index is 2.27. The summed E-state index contributed by atoms with van der Waals surface area (Å²) >= 11 is 0. The molecule has 1 fully saturated rings. The predicted molar refractivity (Wildman–Crippen MR) is 62.4 cm³/mol. The number of aryl methyl sites for hydroxylation is 2. The van der Waals surface area contributed by atoms with Gasteiger partial charge in [0.2, 0.25) is 0 Å². The smallest absolute Gasteiger partial charge is 0.320 e. The van der Waals surface area contributed by atoms with Crippen LogP contribution in [0.4, 0.5) is 4.39 Å². The molecule has 0 aliphatic carbocycles. The van der Waals surface area contributed by atoms with Crippen molar-refractivity contribution in [1.29, 1.82) is 0 Å². The SMILES string of the molecule is Cc1cc(C)c(C2CCC(C(=O)O)N2)c(F)c1. The molecule has 4 heteroatoms. The molecule has 2 atom stereocenters. The number of hydrogen-bond acceptors (Lipinski definition) is 2. The maximum absolute atomic E-state index is 13.9. The Labute approximate surface area is 99.7 Å². The third-order valence-corrected chi connectivity index (χ3v) is 3.27. The lowest BCUT2D eigenvalue weighted by Crippen LogP contribution is -2.32. The Hall–Kier alpha value is -1.42. The van der Waals surface area contributed by atoms with Gasteiger partial charge in [0, 0.05) is 11.6 Å². The largest absolute Gasteiger partial charge is 0.480 e. The van der Waals surface area contributed by atoms with Gasteiger partial charge in [0.15, 0.2) is 0 Å². The van der Waals surface area contributed by atoms with Gasteiger partial charge in [0.25, 0.3) is 0 Å². The first-order chi connectivity index (χ1) is 7.99. The second-order valence-corrected chi connectivity index (χ2v) is 4.66. The summed E-state index contributed by atoms with van der Waals surface area (Å²) in [4.78, 5) is 10.8. The molecule has 2 N–H and O–H groups in total. The molecule has 92 valence electrons. The van der Waals surface area contributed by atoms with Crippen LogP contribution in [0.5, 0.6) is 0 Å². The molecule has 2 rings (SSSR count). The number of carboxylic acid groups (broad SMARTS) is 1. The highest BCUT2D eigenvalue weighted by Crippen LogP contribution is 2.31. The molecule has 0 saturated carbocycles. The summed E-state index contributed by atoms with van der Waals surface area (Å²) in [5, 5.41) is 11.9. The first-order valence-corrected chi connectivity index (χ1v) is 5.74. The van der Waals surface area contributed by atoms with E-state index in [4.69, 9.17) is 5.11 Å². The fraction of sp³-hybridized carbons (Fsp3) is 0.462. The molecule has 1 aromatic carbocycles. The van der Waals surface area contributed by atoms with Crippen LogP contribution in [-0.4, -0.2) is 17.1 Å². The number of aliphatic carboxylic acids is 1. The van der Waals surface area contributed by atoms with Crippen molar-refractivity contribution < 1.29 is 14.3 Å². The molecular formula is C13H16FNO2. The number of hydrogen-bond donors (Lipinski definition) is 2. The average molecular weight is 237 g/mol. The molecule has 1 saturated heterocycles. The normalized spacial score (nSPS) is 23.9. The highest BCUT2D eigenvalue weighted by molar-refractivity contribution is 5.74. The van der Waals surface area contributed by atoms with Crippen LogP contribution in [0.15, 0.2) is 12.1 Å². The van der Waals surface area contributed by atoms with Crippen molar-refractivity contribution in [1.82, 2.24) is 5.32 Å². The van der Waals surface area contributed by atoms with Gasteiger partial charge in [0.1, 0.15) is 11.9 Å². The summed E-state index contributed by atoms with van der Waals surface area (Å²) in [6.07, 6.45) is 1.21. The minimum absolute atomic E-state index is 0.184. The summed E-state index contributed by atoms with van der Waals surface area (Å²) in [5.41, 5.74) is 2.38. The van der Waals surface area contributed by atoms with Gasteiger partial charge >= 0.3 is 5.97 Å². The Morgan fingerprint density at radius 3 is 2.65 bits per heavy atom. The Kier molecular flexibility index (Phi) is 3.15. The quantitative estimate of drug-likeness (QED) is 0.830. The average Bonchev–Trinajstić information content (AvgIpc) is 2.65. The van der Waals surface area contributed by atoms with Gasteiger partial charge in [-0.15, -0.1) is 0 Å². The maximum Gasteiger partial charge on any atom is 0.320 e. The van der Waals surface area contributed by atoms with Crippen LogP contribution in [0.3, 0.4) is 0 Å². The van der Waals surface area contributed by atoms with Gasteiger partial charge < -0.3 is 5.11 Å². The number of nitrogens with one attached hydrogen (secondary N) is 1. The maximum atomic E-state index is 13.9. The van der Waals surface area contributed by atoms with E-state index in [9.17, 15) is 9.18 Å². The van der Waals surface area contributed by atoms with E-state index in [1.54, 1.807) is 0 Å². The topological polar surface area (TPSA) is 49.3 Å². The van der Waals surface area contributed by atoms with Crippen molar-refractivity contribution in [3.05, 3.63) is 34.6 Å². The molecule has 17 heavy (non-hydrogen) atoms. The van der Waals surface area contributed by atoms with E-state index in [1.165, 1.54) is 6.07 Å². The Morgan fingerprint density at radius 1 is 1.41 bits per heavy atom. The van der Waals surface area contributed by atoms with Crippen LogP contribution in [-0.2, 0) is 4.79 Å². The number of benzene rings is 1. The van der Waals surface area contributed by atoms with E-state index in [0.717, 1.165) is 11.1 Å². The van der Waals surface area contributed by atoms with Crippen molar-refractivity contribution in [3.8, 4) is 0 Å². The molecule has 1 aliphatic heterocycles. The first-order valence-electron chi connectivity index (χ1n) is 5.74. The molecule has 1 aliphatic rings. The lowest BCUT2D eigenvalue weighted by atomic mass is 9.97. The van der Waals surface area contributed by atoms with Gasteiger partial charge in [-0.2, -0.15) is 0 Å². The molecule has 2 unspecified atom stereocenters. The van der Waals surface area contributed by atoms with Gasteiger partial charge in [-0.1, -0.05) is 6.07 Å². The van der Waals surface area contributed by atoms with E-state index in [1.807, 2.05) is 19.9 Å². The third kappa shape index (κ3) is 2.31. The number of carboxylic acids is 1. The Bertz CT molecular complexity index is 436. The molecule has 1 aromatic rings. The minimum Gasteiger partial charge on any atom is -0.480 e. The van der Waals surface area contributed by atoms with Crippen LogP contribution in [0, 0.1) is 19.7 Å². The van der Waals surface area contributed by atoms with Crippen molar-refractivity contribution in [3.63, 3.8) is 0 Å². The van der Waals surface area contributed by atoms with Crippen LogP contribution >= 0.6 is 0 Å². The standard InChI is InChI=1S/C13H16FNO2/c1-7-5-8(2)12(9(14)6-7)10-3-4-11(15-10)13(16)17/h5-6,10-11,15H,3-4H2,1-2H3,(H,16,17). The lowest BCUT2D eigenvalue weighted by Gasteiger charge is -2.16. The summed E-state index contributed by atoms with van der Waals surface area (Å²) in [7, 11) is 0. The zero-order valence-corrected chi connectivity index (χ0v) is 9.96. The van der Waals surface area contributed by atoms with E-state index < -0.39 is 12.0 Å². The van der Waals surface area contributed by atoms with Gasteiger partial charge in [0.05, 0.1) is 0 Å². The minimum atomic E-state index is -0.863. The second-order valence-electron chi connectivity index (χ2n) is 4.66. The van der Waals surface area contributed by atoms with E-state index in [2.05, 4.69) is 5.32 Å². The highest BCUT2D eigenvalue weighted by Gasteiger charge is 2.31. The number of carbonyl (C=O) groups is 1. The summed E-state index contributed by atoms with van der Waals surface area (Å²) < 4.78 is 13.9. The molecule has 0 spiro atoms. The van der Waals surface area contributed by atoms with Crippen LogP contribution in [0.1, 0.15) is 35.6 Å². The summed E-state index contributed by atoms with van der Waals surface area (Å²) in [6, 6.07) is 2.68.